The minimum atomic E-state index is 0.737. The van der Waals surface area contributed by atoms with Gasteiger partial charge in [0, 0.05) is 64.3 Å². The van der Waals surface area contributed by atoms with E-state index in [1.165, 1.54) is 16.5 Å². The van der Waals surface area contributed by atoms with Crippen molar-refractivity contribution in [2.75, 3.05) is 0 Å². The molecule has 0 aliphatic heterocycles. The van der Waals surface area contributed by atoms with E-state index in [0.717, 1.165) is 71.9 Å². The number of ether oxygens (including phenoxy) is 1. The van der Waals surface area contributed by atoms with Gasteiger partial charge in [-0.15, -0.1) is 0 Å². The predicted molar refractivity (Wildman–Crippen MR) is 189 cm³/mol. The van der Waals surface area contributed by atoms with E-state index in [1.807, 2.05) is 43.1 Å². The molecule has 0 bridgehead atoms. The highest BCUT2D eigenvalue weighted by Crippen LogP contribution is 2.42. The Labute approximate surface area is 268 Å². The van der Waals surface area contributed by atoms with Crippen molar-refractivity contribution in [3.05, 3.63) is 152 Å². The largest absolute Gasteiger partial charge is 0.457 e. The number of hydrogen-bond acceptors (Lipinski definition) is 4. The van der Waals surface area contributed by atoms with Gasteiger partial charge in [0.25, 0.3) is 0 Å². The molecule has 10 rings (SSSR count). The highest BCUT2D eigenvalue weighted by atomic mass is 16.5. The maximum absolute atomic E-state index is 6.59. The van der Waals surface area contributed by atoms with Crippen LogP contribution in [0.1, 0.15) is 0 Å². The number of pyridine rings is 3. The lowest BCUT2D eigenvalue weighted by Gasteiger charge is -2.17. The second kappa shape index (κ2) is 9.99. The van der Waals surface area contributed by atoms with Gasteiger partial charge in [-0.25, -0.2) is 9.97 Å². The molecule has 0 fully saturated rings. The van der Waals surface area contributed by atoms with Crippen LogP contribution in [0.5, 0.6) is 11.5 Å². The molecule has 6 nitrogen and oxygen atoms in total. The lowest BCUT2D eigenvalue weighted by Crippen LogP contribution is -1.96. The molecule has 0 aliphatic rings. The first kappa shape index (κ1) is 25.8. The normalized spacial score (nSPS) is 11.8. The minimum absolute atomic E-state index is 0.737. The van der Waals surface area contributed by atoms with Crippen molar-refractivity contribution in [1.82, 2.24) is 23.8 Å². The van der Waals surface area contributed by atoms with Crippen molar-refractivity contribution >= 4 is 54.6 Å². The molecule has 220 valence electrons. The molecule has 0 aliphatic carbocycles. The van der Waals surface area contributed by atoms with Gasteiger partial charge in [-0.2, -0.15) is 0 Å². The van der Waals surface area contributed by atoms with Crippen LogP contribution < -0.4 is 4.74 Å². The van der Waals surface area contributed by atoms with E-state index in [2.05, 4.69) is 128 Å². The number of rotatable bonds is 4. The maximum atomic E-state index is 6.59. The van der Waals surface area contributed by atoms with Crippen molar-refractivity contribution in [2.24, 2.45) is 0 Å². The molecule has 10 aromatic rings. The van der Waals surface area contributed by atoms with Gasteiger partial charge in [-0.05, 0) is 69.9 Å². The molecule has 0 amide bonds. The summed E-state index contributed by atoms with van der Waals surface area (Å²) in [5.41, 5.74) is 8.65. The Hall–Kier alpha value is -6.53. The van der Waals surface area contributed by atoms with Crippen molar-refractivity contribution in [3.8, 4) is 33.8 Å². The summed E-state index contributed by atoms with van der Waals surface area (Å²) < 4.78 is 10.9. The molecule has 5 heterocycles. The lowest BCUT2D eigenvalue weighted by atomic mass is 9.91. The van der Waals surface area contributed by atoms with Gasteiger partial charge in [0.2, 0.25) is 0 Å². The van der Waals surface area contributed by atoms with E-state index >= 15 is 0 Å². The second-order valence-electron chi connectivity index (χ2n) is 11.8. The van der Waals surface area contributed by atoms with E-state index in [-0.39, 0.29) is 0 Å². The fraction of sp³-hybridized carbons (Fsp3) is 0. The highest BCUT2D eigenvalue weighted by Gasteiger charge is 2.19. The summed E-state index contributed by atoms with van der Waals surface area (Å²) in [5.74, 6) is 1.48. The van der Waals surface area contributed by atoms with E-state index < -0.39 is 0 Å². The van der Waals surface area contributed by atoms with Gasteiger partial charge in [0.1, 0.15) is 22.8 Å². The Kier molecular flexibility index (Phi) is 5.48. The zero-order valence-electron chi connectivity index (χ0n) is 25.1. The number of imidazole rings is 2. The highest BCUT2D eigenvalue weighted by molar-refractivity contribution is 6.20. The molecule has 0 saturated carbocycles. The third-order valence-electron chi connectivity index (χ3n) is 9.19. The summed E-state index contributed by atoms with van der Waals surface area (Å²) in [7, 11) is 0. The minimum Gasteiger partial charge on any atom is -0.457 e. The Morgan fingerprint density at radius 3 is 1.85 bits per heavy atom. The molecule has 47 heavy (non-hydrogen) atoms. The molecule has 0 spiro atoms. The molecule has 0 atom stereocenters. The first-order chi connectivity index (χ1) is 23.3. The van der Waals surface area contributed by atoms with Crippen LogP contribution >= 0.6 is 0 Å². The summed E-state index contributed by atoms with van der Waals surface area (Å²) in [5, 5.41) is 6.50. The van der Waals surface area contributed by atoms with Gasteiger partial charge < -0.3 is 4.74 Å². The summed E-state index contributed by atoms with van der Waals surface area (Å²) in [6.07, 6.45) is 11.5. The smallest absolute Gasteiger partial charge is 0.145 e. The Morgan fingerprint density at radius 1 is 0.489 bits per heavy atom. The summed E-state index contributed by atoms with van der Waals surface area (Å²) >= 11 is 0. The monoisotopic (exact) mass is 603 g/mol. The van der Waals surface area contributed by atoms with Gasteiger partial charge >= 0.3 is 0 Å². The average Bonchev–Trinajstić information content (AvgIpc) is 3.84. The van der Waals surface area contributed by atoms with Crippen molar-refractivity contribution < 1.29 is 4.74 Å². The maximum Gasteiger partial charge on any atom is 0.145 e. The van der Waals surface area contributed by atoms with E-state index in [1.54, 1.807) is 0 Å². The average molecular weight is 604 g/mol. The predicted octanol–water partition coefficient (Wildman–Crippen LogP) is 10.1. The van der Waals surface area contributed by atoms with E-state index in [0.29, 0.717) is 0 Å². The van der Waals surface area contributed by atoms with Gasteiger partial charge in [0.05, 0.1) is 11.0 Å². The zero-order valence-corrected chi connectivity index (χ0v) is 25.1. The molecule has 0 saturated heterocycles. The van der Waals surface area contributed by atoms with Crippen LogP contribution in [0.4, 0.5) is 0 Å². The summed E-state index contributed by atoms with van der Waals surface area (Å²) in [6, 6.07) is 40.2. The van der Waals surface area contributed by atoms with Gasteiger partial charge in [-0.3, -0.25) is 13.8 Å². The number of hydrogen-bond donors (Lipinski definition) is 0. The first-order valence-corrected chi connectivity index (χ1v) is 15.6. The fourth-order valence-electron chi connectivity index (χ4n) is 7.14. The van der Waals surface area contributed by atoms with E-state index in [9.17, 15) is 0 Å². The van der Waals surface area contributed by atoms with Crippen LogP contribution in [-0.2, 0) is 0 Å². The van der Waals surface area contributed by atoms with Crippen LogP contribution in [0.3, 0.4) is 0 Å². The number of benzene rings is 5. The topological polar surface area (TPSA) is 56.7 Å². The van der Waals surface area contributed by atoms with Gasteiger partial charge in [-0.1, -0.05) is 72.8 Å². The lowest BCUT2D eigenvalue weighted by molar-refractivity contribution is 0.484. The molecule has 0 N–H and O–H groups in total. The van der Waals surface area contributed by atoms with Gasteiger partial charge in [0.15, 0.2) is 0 Å². The van der Waals surface area contributed by atoms with Crippen molar-refractivity contribution in [3.63, 3.8) is 0 Å². The van der Waals surface area contributed by atoms with E-state index in [4.69, 9.17) is 9.72 Å². The quantitative estimate of drug-likeness (QED) is 0.188. The number of nitrogens with zero attached hydrogens (tertiary/aromatic N) is 5. The van der Waals surface area contributed by atoms with Crippen molar-refractivity contribution in [1.29, 1.82) is 0 Å². The first-order valence-electron chi connectivity index (χ1n) is 15.6. The van der Waals surface area contributed by atoms with Crippen LogP contribution in [-0.4, -0.2) is 23.8 Å². The third-order valence-corrected chi connectivity index (χ3v) is 9.19. The number of aromatic nitrogens is 5. The Bertz CT molecular complexity index is 2820. The summed E-state index contributed by atoms with van der Waals surface area (Å²) in [4.78, 5) is 13.9. The summed E-state index contributed by atoms with van der Waals surface area (Å²) in [6.45, 7) is 0. The SMILES string of the molecule is c1ccc(-c2ccc(-c3ccccc3)c3c2c2ccc(Oc4ccc5c6cnccc6n6ccnc6c5c4)cc2c2nccn23)cc1. The molecule has 5 aromatic carbocycles. The molecule has 5 aromatic heterocycles. The van der Waals surface area contributed by atoms with Crippen LogP contribution in [0.2, 0.25) is 0 Å². The second-order valence-corrected chi connectivity index (χ2v) is 11.8. The Morgan fingerprint density at radius 2 is 1.11 bits per heavy atom. The Balaban J connectivity index is 1.19. The standard InChI is InChI=1S/C41H25N5O/c1-3-7-26(8-4-1)30-15-16-31(27-9-5-2-6-10-27)39-38(30)33-14-12-29(24-35(33)41-44-20-22-46(39)41)47-28-11-13-32-34(23-28)40-43-19-21-45(40)37-17-18-42-25-36(32)37/h1-25H. The van der Waals surface area contributed by atoms with Crippen molar-refractivity contribution in [2.45, 2.75) is 0 Å². The fourth-order valence-corrected chi connectivity index (χ4v) is 7.14. The number of fused-ring (bicyclic) bond motifs is 12. The third kappa shape index (κ3) is 3.88. The molecule has 0 radical (unpaired) electrons. The van der Waals surface area contributed by atoms with Crippen LogP contribution in [0, 0.1) is 0 Å². The zero-order chi connectivity index (χ0) is 30.9. The molecular weight excluding hydrogens is 578 g/mol. The molecular formula is C41H25N5O. The van der Waals surface area contributed by atoms with Crippen LogP contribution in [0.15, 0.2) is 152 Å². The van der Waals surface area contributed by atoms with Crippen LogP contribution in [0.25, 0.3) is 76.9 Å². The molecule has 6 heteroatoms. The molecule has 0 unspecified atom stereocenters.